The van der Waals surface area contributed by atoms with Crippen molar-refractivity contribution >= 4 is 16.5 Å². The van der Waals surface area contributed by atoms with Gasteiger partial charge in [-0.05, 0) is 38.5 Å². The van der Waals surface area contributed by atoms with Crippen LogP contribution in [0.5, 0.6) is 0 Å². The standard InChI is InChI=1S/C15H24N2OS/c1-2-5-12-6-3-4-9-17(12)15-16-14(11-7-8-11)13(10-18)19-15/h11-12,18H,2-10H2,1H3. The van der Waals surface area contributed by atoms with Gasteiger partial charge in [-0.15, -0.1) is 0 Å². The molecule has 3 nitrogen and oxygen atoms in total. The molecule has 1 N–H and O–H groups in total. The lowest BCUT2D eigenvalue weighted by atomic mass is 9.99. The van der Waals surface area contributed by atoms with Gasteiger partial charge < -0.3 is 10.0 Å². The van der Waals surface area contributed by atoms with Gasteiger partial charge in [0.25, 0.3) is 0 Å². The first-order valence-corrected chi connectivity index (χ1v) is 8.52. The summed E-state index contributed by atoms with van der Waals surface area (Å²) in [7, 11) is 0. The van der Waals surface area contributed by atoms with E-state index in [1.54, 1.807) is 11.3 Å². The number of nitrogens with zero attached hydrogens (tertiary/aromatic N) is 2. The van der Waals surface area contributed by atoms with Crippen molar-refractivity contribution in [2.45, 2.75) is 70.4 Å². The van der Waals surface area contributed by atoms with Crippen molar-refractivity contribution < 1.29 is 5.11 Å². The highest BCUT2D eigenvalue weighted by atomic mass is 32.1. The number of piperidine rings is 1. The number of anilines is 1. The number of thiazole rings is 1. The number of aliphatic hydroxyl groups is 1. The Morgan fingerprint density at radius 2 is 2.16 bits per heavy atom. The average molecular weight is 280 g/mol. The molecule has 4 heteroatoms. The van der Waals surface area contributed by atoms with Crippen LogP contribution >= 0.6 is 11.3 Å². The summed E-state index contributed by atoms with van der Waals surface area (Å²) < 4.78 is 0. The molecule has 2 heterocycles. The fourth-order valence-corrected chi connectivity index (χ4v) is 4.25. The van der Waals surface area contributed by atoms with E-state index in [-0.39, 0.29) is 6.61 Å². The Balaban J connectivity index is 1.82. The molecule has 2 fully saturated rings. The van der Waals surface area contributed by atoms with E-state index in [9.17, 15) is 5.11 Å². The molecular formula is C15H24N2OS. The fourth-order valence-electron chi connectivity index (χ4n) is 3.15. The van der Waals surface area contributed by atoms with Crippen LogP contribution in [0.2, 0.25) is 0 Å². The Morgan fingerprint density at radius 3 is 2.84 bits per heavy atom. The third-order valence-electron chi connectivity index (χ3n) is 4.32. The molecule has 1 atom stereocenters. The molecule has 0 radical (unpaired) electrons. The molecule has 1 aromatic heterocycles. The maximum absolute atomic E-state index is 9.53. The molecule has 0 bridgehead atoms. The first-order chi connectivity index (χ1) is 9.33. The minimum absolute atomic E-state index is 0.162. The Bertz CT molecular complexity index is 426. The number of aliphatic hydroxyl groups excluding tert-OH is 1. The summed E-state index contributed by atoms with van der Waals surface area (Å²) in [5, 5.41) is 10.7. The van der Waals surface area contributed by atoms with Crippen molar-refractivity contribution in [1.29, 1.82) is 0 Å². The number of rotatable bonds is 5. The summed E-state index contributed by atoms with van der Waals surface area (Å²) in [5.41, 5.74) is 1.20. The minimum atomic E-state index is 0.162. The van der Waals surface area contributed by atoms with Gasteiger partial charge in [-0.1, -0.05) is 24.7 Å². The van der Waals surface area contributed by atoms with Gasteiger partial charge in [0.15, 0.2) is 5.13 Å². The van der Waals surface area contributed by atoms with E-state index in [1.807, 2.05) is 0 Å². The van der Waals surface area contributed by atoms with Crippen molar-refractivity contribution in [2.24, 2.45) is 0 Å². The molecule has 3 rings (SSSR count). The minimum Gasteiger partial charge on any atom is -0.391 e. The maximum Gasteiger partial charge on any atom is 0.186 e. The fraction of sp³-hybridized carbons (Fsp3) is 0.800. The molecule has 1 aromatic rings. The van der Waals surface area contributed by atoms with E-state index in [1.165, 1.54) is 55.8 Å². The summed E-state index contributed by atoms with van der Waals surface area (Å²) in [4.78, 5) is 8.51. The smallest absolute Gasteiger partial charge is 0.186 e. The summed E-state index contributed by atoms with van der Waals surface area (Å²) in [5.74, 6) is 0.640. The quantitative estimate of drug-likeness (QED) is 0.894. The zero-order valence-electron chi connectivity index (χ0n) is 11.8. The summed E-state index contributed by atoms with van der Waals surface area (Å²) in [6.45, 7) is 3.58. The zero-order chi connectivity index (χ0) is 13.2. The topological polar surface area (TPSA) is 36.4 Å². The monoisotopic (exact) mass is 280 g/mol. The second-order valence-electron chi connectivity index (χ2n) is 5.87. The number of aromatic nitrogens is 1. The van der Waals surface area contributed by atoms with Gasteiger partial charge in [-0.2, -0.15) is 0 Å². The van der Waals surface area contributed by atoms with Crippen molar-refractivity contribution in [3.05, 3.63) is 10.6 Å². The van der Waals surface area contributed by atoms with Crippen molar-refractivity contribution in [2.75, 3.05) is 11.4 Å². The summed E-state index contributed by atoms with van der Waals surface area (Å²) in [6, 6.07) is 0.670. The summed E-state index contributed by atoms with van der Waals surface area (Å²) >= 11 is 1.73. The molecule has 1 saturated heterocycles. The van der Waals surface area contributed by atoms with Crippen LogP contribution in [-0.2, 0) is 6.61 Å². The molecule has 1 saturated carbocycles. The number of hydrogen-bond acceptors (Lipinski definition) is 4. The van der Waals surface area contributed by atoms with E-state index >= 15 is 0 Å². The van der Waals surface area contributed by atoms with E-state index in [2.05, 4.69) is 11.8 Å². The van der Waals surface area contributed by atoms with Crippen LogP contribution in [0, 0.1) is 0 Å². The van der Waals surface area contributed by atoms with Gasteiger partial charge in [0.1, 0.15) is 0 Å². The predicted octanol–water partition coefficient (Wildman–Crippen LogP) is 3.67. The Hall–Kier alpha value is -0.610. The van der Waals surface area contributed by atoms with Crippen molar-refractivity contribution in [1.82, 2.24) is 4.98 Å². The second kappa shape index (κ2) is 5.80. The third-order valence-corrected chi connectivity index (χ3v) is 5.41. The normalized spacial score (nSPS) is 23.9. The van der Waals surface area contributed by atoms with Gasteiger partial charge in [-0.25, -0.2) is 4.98 Å². The van der Waals surface area contributed by atoms with Crippen LogP contribution < -0.4 is 4.90 Å². The van der Waals surface area contributed by atoms with Gasteiger partial charge in [-0.3, -0.25) is 0 Å². The molecule has 106 valence electrons. The van der Waals surface area contributed by atoms with E-state index in [0.717, 1.165) is 11.4 Å². The SMILES string of the molecule is CCCC1CCCCN1c1nc(C2CC2)c(CO)s1. The summed E-state index contributed by atoms with van der Waals surface area (Å²) in [6.07, 6.45) is 8.98. The zero-order valence-corrected chi connectivity index (χ0v) is 12.6. The van der Waals surface area contributed by atoms with E-state index < -0.39 is 0 Å². The highest BCUT2D eigenvalue weighted by molar-refractivity contribution is 7.15. The molecule has 1 unspecified atom stereocenters. The van der Waals surface area contributed by atoms with Crippen LogP contribution in [0.1, 0.15) is 68.4 Å². The molecule has 1 aliphatic carbocycles. The third kappa shape index (κ3) is 2.79. The number of hydrogen-bond donors (Lipinski definition) is 1. The molecule has 2 aliphatic rings. The van der Waals surface area contributed by atoms with Crippen LogP contribution in [-0.4, -0.2) is 22.7 Å². The van der Waals surface area contributed by atoms with Crippen LogP contribution in [0.3, 0.4) is 0 Å². The van der Waals surface area contributed by atoms with Crippen LogP contribution in [0.15, 0.2) is 0 Å². The second-order valence-corrected chi connectivity index (χ2v) is 6.93. The van der Waals surface area contributed by atoms with E-state index in [0.29, 0.717) is 12.0 Å². The Kier molecular flexibility index (Phi) is 4.08. The van der Waals surface area contributed by atoms with Gasteiger partial charge in [0, 0.05) is 18.5 Å². The first-order valence-electron chi connectivity index (χ1n) is 7.70. The lowest BCUT2D eigenvalue weighted by Crippen LogP contribution is -2.39. The average Bonchev–Trinajstić information content (AvgIpc) is 3.19. The highest BCUT2D eigenvalue weighted by Gasteiger charge is 2.32. The molecule has 19 heavy (non-hydrogen) atoms. The largest absolute Gasteiger partial charge is 0.391 e. The highest BCUT2D eigenvalue weighted by Crippen LogP contribution is 2.44. The van der Waals surface area contributed by atoms with Gasteiger partial charge in [0.2, 0.25) is 0 Å². The lowest BCUT2D eigenvalue weighted by Gasteiger charge is -2.35. The molecule has 1 aliphatic heterocycles. The van der Waals surface area contributed by atoms with Crippen LogP contribution in [0.25, 0.3) is 0 Å². The Morgan fingerprint density at radius 1 is 1.32 bits per heavy atom. The first kappa shape index (κ1) is 13.4. The predicted molar refractivity (Wildman–Crippen MR) is 79.9 cm³/mol. The van der Waals surface area contributed by atoms with Gasteiger partial charge >= 0.3 is 0 Å². The molecular weight excluding hydrogens is 256 g/mol. The Labute approximate surface area is 119 Å². The van der Waals surface area contributed by atoms with E-state index in [4.69, 9.17) is 4.98 Å². The molecule has 0 spiro atoms. The molecule has 0 amide bonds. The lowest BCUT2D eigenvalue weighted by molar-refractivity contribution is 0.284. The maximum atomic E-state index is 9.53. The molecule has 0 aromatic carbocycles. The van der Waals surface area contributed by atoms with Crippen molar-refractivity contribution in [3.8, 4) is 0 Å². The van der Waals surface area contributed by atoms with Crippen molar-refractivity contribution in [3.63, 3.8) is 0 Å². The van der Waals surface area contributed by atoms with Gasteiger partial charge in [0.05, 0.1) is 17.2 Å². The van der Waals surface area contributed by atoms with Crippen LogP contribution in [0.4, 0.5) is 5.13 Å².